The minimum atomic E-state index is -3.73. The van der Waals surface area contributed by atoms with Crippen molar-refractivity contribution >= 4 is 21.7 Å². The summed E-state index contributed by atoms with van der Waals surface area (Å²) in [5.41, 5.74) is 1.18. The van der Waals surface area contributed by atoms with Crippen molar-refractivity contribution in [3.8, 4) is 18.1 Å². The van der Waals surface area contributed by atoms with Crippen molar-refractivity contribution in [3.05, 3.63) is 78.2 Å². The van der Waals surface area contributed by atoms with E-state index in [1.165, 1.54) is 30.5 Å². The molecule has 8 nitrogen and oxygen atoms in total. The van der Waals surface area contributed by atoms with Gasteiger partial charge in [-0.15, -0.1) is 6.42 Å². The number of carbonyl (C=O) groups is 1. The number of amides is 1. The fourth-order valence-electron chi connectivity index (χ4n) is 2.43. The second kappa shape index (κ2) is 9.65. The SMILES string of the molecule is C#CCNS(=O)(=O)c1ccc(C(=O)Nc2ncccc2OCc2ccncc2)cc1. The second-order valence-corrected chi connectivity index (χ2v) is 7.77. The molecule has 0 bridgehead atoms. The van der Waals surface area contributed by atoms with Crippen LogP contribution in [0.3, 0.4) is 0 Å². The van der Waals surface area contributed by atoms with Crippen LogP contribution in [0.25, 0.3) is 0 Å². The standard InChI is InChI=1S/C21H18N4O4S/c1-2-11-24-30(27,28)18-7-5-17(6-8-18)21(26)25-20-19(4-3-12-23-20)29-15-16-9-13-22-14-10-16/h1,3-10,12-14,24H,11,15H2,(H,23,25,26). The Morgan fingerprint density at radius 3 is 2.50 bits per heavy atom. The van der Waals surface area contributed by atoms with E-state index in [-0.39, 0.29) is 29.4 Å². The number of nitrogens with zero attached hydrogens (tertiary/aromatic N) is 2. The molecule has 1 amide bonds. The smallest absolute Gasteiger partial charge is 0.256 e. The Bertz CT molecular complexity index is 1160. The summed E-state index contributed by atoms with van der Waals surface area (Å²) in [5.74, 6) is 2.40. The summed E-state index contributed by atoms with van der Waals surface area (Å²) in [4.78, 5) is 20.7. The Hall–Kier alpha value is -3.74. The lowest BCUT2D eigenvalue weighted by Gasteiger charge is -2.12. The molecule has 2 heterocycles. The van der Waals surface area contributed by atoms with Crippen molar-refractivity contribution in [1.29, 1.82) is 0 Å². The third-order valence-corrected chi connectivity index (χ3v) is 5.35. The second-order valence-electron chi connectivity index (χ2n) is 6.00. The van der Waals surface area contributed by atoms with Crippen LogP contribution in [0.1, 0.15) is 15.9 Å². The van der Waals surface area contributed by atoms with Crippen LogP contribution in [-0.4, -0.2) is 30.8 Å². The van der Waals surface area contributed by atoms with Gasteiger partial charge in [0.05, 0.1) is 11.4 Å². The molecule has 3 rings (SSSR count). The summed E-state index contributed by atoms with van der Waals surface area (Å²) >= 11 is 0. The third kappa shape index (κ3) is 5.41. The van der Waals surface area contributed by atoms with E-state index >= 15 is 0 Å². The maximum Gasteiger partial charge on any atom is 0.256 e. The first-order valence-electron chi connectivity index (χ1n) is 8.81. The van der Waals surface area contributed by atoms with Gasteiger partial charge in [0.2, 0.25) is 10.0 Å². The molecule has 0 radical (unpaired) electrons. The summed E-state index contributed by atoms with van der Waals surface area (Å²) in [7, 11) is -3.73. The van der Waals surface area contributed by atoms with E-state index in [4.69, 9.17) is 11.2 Å². The molecular formula is C21H18N4O4S. The van der Waals surface area contributed by atoms with E-state index in [1.54, 1.807) is 24.5 Å². The monoisotopic (exact) mass is 422 g/mol. The molecule has 2 N–H and O–H groups in total. The number of hydrogen-bond acceptors (Lipinski definition) is 6. The highest BCUT2D eigenvalue weighted by atomic mass is 32.2. The normalized spacial score (nSPS) is 10.8. The summed E-state index contributed by atoms with van der Waals surface area (Å²) in [6.45, 7) is 0.167. The number of sulfonamides is 1. The molecule has 2 aromatic heterocycles. The summed E-state index contributed by atoms with van der Waals surface area (Å²) < 4.78 is 32.1. The molecule has 30 heavy (non-hydrogen) atoms. The number of benzene rings is 1. The van der Waals surface area contributed by atoms with E-state index in [1.807, 2.05) is 12.1 Å². The van der Waals surface area contributed by atoms with Gasteiger partial charge in [0.15, 0.2) is 11.6 Å². The first kappa shape index (κ1) is 21.0. The van der Waals surface area contributed by atoms with Crippen LogP contribution in [0, 0.1) is 12.3 Å². The van der Waals surface area contributed by atoms with Crippen molar-refractivity contribution < 1.29 is 17.9 Å². The number of carbonyl (C=O) groups excluding carboxylic acids is 1. The van der Waals surface area contributed by atoms with Gasteiger partial charge in [0.1, 0.15) is 6.61 Å². The minimum Gasteiger partial charge on any atom is -0.485 e. The Labute approximate surface area is 174 Å². The van der Waals surface area contributed by atoms with Gasteiger partial charge in [-0.1, -0.05) is 5.92 Å². The Balaban J connectivity index is 1.70. The number of ether oxygens (including phenoxy) is 1. The topological polar surface area (TPSA) is 110 Å². The third-order valence-electron chi connectivity index (χ3n) is 3.94. The largest absolute Gasteiger partial charge is 0.485 e. The lowest BCUT2D eigenvalue weighted by atomic mass is 10.2. The van der Waals surface area contributed by atoms with Gasteiger partial charge in [-0.25, -0.2) is 13.4 Å². The van der Waals surface area contributed by atoms with Gasteiger partial charge in [-0.2, -0.15) is 4.72 Å². The van der Waals surface area contributed by atoms with Crippen LogP contribution in [-0.2, 0) is 16.6 Å². The lowest BCUT2D eigenvalue weighted by Crippen LogP contribution is -2.24. The zero-order valence-corrected chi connectivity index (χ0v) is 16.6. The van der Waals surface area contributed by atoms with Crippen LogP contribution in [0.4, 0.5) is 5.82 Å². The van der Waals surface area contributed by atoms with Gasteiger partial charge >= 0.3 is 0 Å². The highest BCUT2D eigenvalue weighted by molar-refractivity contribution is 7.89. The molecule has 0 saturated carbocycles. The first-order valence-corrected chi connectivity index (χ1v) is 10.3. The number of rotatable bonds is 8. The molecule has 1 aromatic carbocycles. The van der Waals surface area contributed by atoms with Gasteiger partial charge < -0.3 is 10.1 Å². The minimum absolute atomic E-state index is 0.00788. The Morgan fingerprint density at radius 2 is 1.80 bits per heavy atom. The van der Waals surface area contributed by atoms with Crippen LogP contribution >= 0.6 is 0 Å². The van der Waals surface area contributed by atoms with Crippen molar-refractivity contribution in [3.63, 3.8) is 0 Å². The van der Waals surface area contributed by atoms with Crippen molar-refractivity contribution in [2.75, 3.05) is 11.9 Å². The van der Waals surface area contributed by atoms with Crippen LogP contribution in [0.5, 0.6) is 5.75 Å². The first-order chi connectivity index (χ1) is 14.5. The fraction of sp³-hybridized carbons (Fsp3) is 0.0952. The number of anilines is 1. The Morgan fingerprint density at radius 1 is 1.07 bits per heavy atom. The molecule has 9 heteroatoms. The Kier molecular flexibility index (Phi) is 6.75. The average molecular weight is 422 g/mol. The van der Waals surface area contributed by atoms with E-state index < -0.39 is 15.9 Å². The van der Waals surface area contributed by atoms with Gasteiger partial charge in [0, 0.05) is 24.2 Å². The van der Waals surface area contributed by atoms with E-state index in [0.29, 0.717) is 5.75 Å². The molecular weight excluding hydrogens is 404 g/mol. The molecule has 0 spiro atoms. The van der Waals surface area contributed by atoms with Crippen LogP contribution in [0.15, 0.2) is 72.0 Å². The predicted molar refractivity (Wildman–Crippen MR) is 111 cm³/mol. The van der Waals surface area contributed by atoms with Crippen LogP contribution in [0.2, 0.25) is 0 Å². The summed E-state index contributed by atoms with van der Waals surface area (Å²) in [6.07, 6.45) is 9.92. The zero-order valence-electron chi connectivity index (χ0n) is 15.8. The lowest BCUT2D eigenvalue weighted by molar-refractivity contribution is 0.102. The average Bonchev–Trinajstić information content (AvgIpc) is 2.78. The molecule has 3 aromatic rings. The number of hydrogen-bond donors (Lipinski definition) is 2. The van der Waals surface area contributed by atoms with Gasteiger partial charge in [0.25, 0.3) is 5.91 Å². The number of terminal acetylenes is 1. The number of aromatic nitrogens is 2. The molecule has 0 saturated heterocycles. The number of pyridine rings is 2. The van der Waals surface area contributed by atoms with Crippen LogP contribution < -0.4 is 14.8 Å². The van der Waals surface area contributed by atoms with E-state index in [2.05, 4.69) is 25.9 Å². The molecule has 0 aliphatic rings. The molecule has 0 aliphatic carbocycles. The molecule has 0 aliphatic heterocycles. The quantitative estimate of drug-likeness (QED) is 0.539. The summed E-state index contributed by atoms with van der Waals surface area (Å²) in [6, 6.07) is 12.5. The highest BCUT2D eigenvalue weighted by Crippen LogP contribution is 2.23. The van der Waals surface area contributed by atoms with Crippen molar-refractivity contribution in [2.24, 2.45) is 0 Å². The zero-order chi connectivity index (χ0) is 21.4. The maximum absolute atomic E-state index is 12.6. The predicted octanol–water partition coefficient (Wildman–Crippen LogP) is 2.22. The van der Waals surface area contributed by atoms with E-state index in [9.17, 15) is 13.2 Å². The van der Waals surface area contributed by atoms with Gasteiger partial charge in [-0.05, 0) is 54.1 Å². The van der Waals surface area contributed by atoms with Gasteiger partial charge in [-0.3, -0.25) is 9.78 Å². The van der Waals surface area contributed by atoms with Crippen molar-refractivity contribution in [2.45, 2.75) is 11.5 Å². The number of nitrogens with one attached hydrogen (secondary N) is 2. The van der Waals surface area contributed by atoms with Crippen molar-refractivity contribution in [1.82, 2.24) is 14.7 Å². The summed E-state index contributed by atoms with van der Waals surface area (Å²) in [5, 5.41) is 2.68. The van der Waals surface area contributed by atoms with E-state index in [0.717, 1.165) is 5.56 Å². The highest BCUT2D eigenvalue weighted by Gasteiger charge is 2.15. The molecule has 0 unspecified atom stereocenters. The molecule has 0 atom stereocenters. The molecule has 152 valence electrons. The molecule has 0 fully saturated rings. The fourth-order valence-corrected chi connectivity index (χ4v) is 3.36. The maximum atomic E-state index is 12.6.